The quantitative estimate of drug-likeness (QED) is 0.770. The maximum atomic E-state index is 5.70. The third kappa shape index (κ3) is 2.17. The number of thiazole rings is 1. The van der Waals surface area contributed by atoms with Crippen LogP contribution in [0.15, 0.2) is 6.20 Å². The van der Waals surface area contributed by atoms with Gasteiger partial charge < -0.3 is 4.84 Å². The lowest BCUT2D eigenvalue weighted by atomic mass is 9.94. The van der Waals surface area contributed by atoms with E-state index in [1.54, 1.807) is 6.20 Å². The molecular formula is C7H11ClN2OS. The van der Waals surface area contributed by atoms with Crippen LogP contribution in [-0.2, 0) is 10.3 Å². The van der Waals surface area contributed by atoms with Gasteiger partial charge >= 0.3 is 0 Å². The highest BCUT2D eigenvalue weighted by Crippen LogP contribution is 2.30. The Hall–Kier alpha value is -0.160. The molecule has 1 heterocycles. The normalized spacial score (nSPS) is 12.0. The first-order chi connectivity index (χ1) is 5.56. The van der Waals surface area contributed by atoms with Crippen LogP contribution in [0.3, 0.4) is 0 Å². The summed E-state index contributed by atoms with van der Waals surface area (Å²) in [6, 6.07) is 0. The van der Waals surface area contributed by atoms with Gasteiger partial charge in [-0.15, -0.1) is 11.3 Å². The van der Waals surface area contributed by atoms with Crippen LogP contribution in [0.4, 0.5) is 0 Å². The van der Waals surface area contributed by atoms with Crippen molar-refractivity contribution in [1.29, 1.82) is 0 Å². The van der Waals surface area contributed by atoms with Gasteiger partial charge in [0.1, 0.15) is 0 Å². The lowest BCUT2D eigenvalue weighted by Crippen LogP contribution is -2.25. The van der Waals surface area contributed by atoms with E-state index in [1.807, 2.05) is 13.8 Å². The minimum absolute atomic E-state index is 0.112. The Labute approximate surface area is 80.5 Å². The van der Waals surface area contributed by atoms with Gasteiger partial charge in [-0.25, -0.2) is 10.9 Å². The number of hydrogen-bond acceptors (Lipinski definition) is 4. The van der Waals surface area contributed by atoms with Crippen LogP contribution in [0.1, 0.15) is 18.7 Å². The highest BCUT2D eigenvalue weighted by atomic mass is 35.5. The first kappa shape index (κ1) is 9.92. The van der Waals surface area contributed by atoms with Gasteiger partial charge in [-0.05, 0) is 0 Å². The fraction of sp³-hybridized carbons (Fsp3) is 0.571. The molecule has 5 heteroatoms. The van der Waals surface area contributed by atoms with Crippen molar-refractivity contribution < 1.29 is 4.84 Å². The van der Waals surface area contributed by atoms with E-state index in [9.17, 15) is 0 Å². The van der Waals surface area contributed by atoms with E-state index >= 15 is 0 Å². The lowest BCUT2D eigenvalue weighted by molar-refractivity contribution is 0.0976. The maximum Gasteiger partial charge on any atom is 0.183 e. The number of nitrogens with zero attached hydrogens (tertiary/aromatic N) is 1. The topological polar surface area (TPSA) is 48.1 Å². The number of nitrogens with two attached hydrogens (primary N) is 1. The van der Waals surface area contributed by atoms with Gasteiger partial charge in [-0.1, -0.05) is 25.4 Å². The Kier molecular flexibility index (Phi) is 3.06. The van der Waals surface area contributed by atoms with Crippen molar-refractivity contribution in [3.8, 4) is 0 Å². The molecule has 0 bridgehead atoms. The zero-order valence-electron chi connectivity index (χ0n) is 7.00. The van der Waals surface area contributed by atoms with E-state index in [1.165, 1.54) is 11.3 Å². The molecule has 12 heavy (non-hydrogen) atoms. The summed E-state index contributed by atoms with van der Waals surface area (Å²) in [5.74, 6) is 5.01. The fourth-order valence-corrected chi connectivity index (χ4v) is 1.87. The molecule has 0 aliphatic carbocycles. The Bertz CT molecular complexity index is 262. The lowest BCUT2D eigenvalue weighted by Gasteiger charge is -2.20. The summed E-state index contributed by atoms with van der Waals surface area (Å²) < 4.78 is 0.551. The van der Waals surface area contributed by atoms with E-state index in [0.29, 0.717) is 11.1 Å². The third-order valence-corrected chi connectivity index (χ3v) is 3.07. The zero-order chi connectivity index (χ0) is 9.19. The third-order valence-electron chi connectivity index (χ3n) is 1.59. The molecule has 0 aromatic carbocycles. The van der Waals surface area contributed by atoms with Crippen LogP contribution < -0.4 is 5.90 Å². The zero-order valence-corrected chi connectivity index (χ0v) is 8.58. The summed E-state index contributed by atoms with van der Waals surface area (Å²) >= 11 is 7.16. The summed E-state index contributed by atoms with van der Waals surface area (Å²) in [5.41, 5.74) is -0.112. The average molecular weight is 207 g/mol. The molecule has 0 unspecified atom stereocenters. The van der Waals surface area contributed by atoms with Gasteiger partial charge in [-0.2, -0.15) is 0 Å². The molecule has 1 rings (SSSR count). The average Bonchev–Trinajstić information content (AvgIpc) is 2.36. The molecular weight excluding hydrogens is 196 g/mol. The van der Waals surface area contributed by atoms with E-state index in [0.717, 1.165) is 4.88 Å². The van der Waals surface area contributed by atoms with Crippen molar-refractivity contribution in [1.82, 2.24) is 4.98 Å². The van der Waals surface area contributed by atoms with Gasteiger partial charge in [-0.3, -0.25) is 0 Å². The van der Waals surface area contributed by atoms with Crippen LogP contribution in [0.25, 0.3) is 0 Å². The minimum Gasteiger partial charge on any atom is -0.304 e. The smallest absolute Gasteiger partial charge is 0.183 e. The van der Waals surface area contributed by atoms with Gasteiger partial charge in [0.15, 0.2) is 4.47 Å². The van der Waals surface area contributed by atoms with Crippen molar-refractivity contribution in [3.05, 3.63) is 15.5 Å². The Morgan fingerprint density at radius 3 is 2.83 bits per heavy atom. The van der Waals surface area contributed by atoms with E-state index in [-0.39, 0.29) is 5.41 Å². The van der Waals surface area contributed by atoms with Gasteiger partial charge in [0.25, 0.3) is 0 Å². The molecule has 68 valence electrons. The number of rotatable bonds is 3. The molecule has 0 aliphatic rings. The van der Waals surface area contributed by atoms with Gasteiger partial charge in [0.05, 0.1) is 6.61 Å². The largest absolute Gasteiger partial charge is 0.304 e. The maximum absolute atomic E-state index is 5.70. The van der Waals surface area contributed by atoms with Crippen molar-refractivity contribution >= 4 is 22.9 Å². The Morgan fingerprint density at radius 2 is 2.42 bits per heavy atom. The summed E-state index contributed by atoms with van der Waals surface area (Å²) in [4.78, 5) is 9.64. The SMILES string of the molecule is CC(C)(CON)c1cnc(Cl)s1. The van der Waals surface area contributed by atoms with E-state index in [2.05, 4.69) is 9.82 Å². The Balaban J connectivity index is 2.81. The highest BCUT2D eigenvalue weighted by Gasteiger charge is 2.23. The molecule has 3 nitrogen and oxygen atoms in total. The first-order valence-corrected chi connectivity index (χ1v) is 4.69. The number of hydrogen-bond donors (Lipinski definition) is 1. The van der Waals surface area contributed by atoms with Crippen LogP contribution in [0.2, 0.25) is 4.47 Å². The molecule has 1 aromatic heterocycles. The molecule has 2 N–H and O–H groups in total. The Morgan fingerprint density at radius 1 is 1.75 bits per heavy atom. The summed E-state index contributed by atoms with van der Waals surface area (Å²) in [7, 11) is 0. The van der Waals surface area contributed by atoms with Crippen LogP contribution in [-0.4, -0.2) is 11.6 Å². The van der Waals surface area contributed by atoms with Crippen LogP contribution in [0.5, 0.6) is 0 Å². The van der Waals surface area contributed by atoms with Crippen LogP contribution in [0, 0.1) is 0 Å². The minimum atomic E-state index is -0.112. The highest BCUT2D eigenvalue weighted by molar-refractivity contribution is 7.15. The van der Waals surface area contributed by atoms with Gasteiger partial charge in [0, 0.05) is 16.5 Å². The molecule has 0 atom stereocenters. The van der Waals surface area contributed by atoms with Crippen molar-refractivity contribution in [2.75, 3.05) is 6.61 Å². The summed E-state index contributed by atoms with van der Waals surface area (Å²) in [6.45, 7) is 4.53. The molecule has 0 aliphatic heterocycles. The number of halogens is 1. The predicted octanol–water partition coefficient (Wildman–Crippen LogP) is 1.96. The molecule has 1 aromatic rings. The first-order valence-electron chi connectivity index (χ1n) is 3.50. The molecule has 0 saturated carbocycles. The van der Waals surface area contributed by atoms with Crippen molar-refractivity contribution in [2.45, 2.75) is 19.3 Å². The molecule has 0 saturated heterocycles. The standard InChI is InChI=1S/C7H11ClN2OS/c1-7(2,4-11-9)5-3-10-6(8)12-5/h3H,4,9H2,1-2H3. The molecule has 0 fully saturated rings. The van der Waals surface area contributed by atoms with E-state index in [4.69, 9.17) is 17.5 Å². The van der Waals surface area contributed by atoms with E-state index < -0.39 is 0 Å². The second-order valence-electron chi connectivity index (χ2n) is 3.17. The fourth-order valence-electron chi connectivity index (χ4n) is 0.845. The predicted molar refractivity (Wildman–Crippen MR) is 50.3 cm³/mol. The molecule has 0 spiro atoms. The van der Waals surface area contributed by atoms with Gasteiger partial charge in [0.2, 0.25) is 0 Å². The monoisotopic (exact) mass is 206 g/mol. The van der Waals surface area contributed by atoms with Crippen molar-refractivity contribution in [2.24, 2.45) is 5.90 Å². The number of aromatic nitrogens is 1. The van der Waals surface area contributed by atoms with Crippen molar-refractivity contribution in [3.63, 3.8) is 0 Å². The van der Waals surface area contributed by atoms with Crippen LogP contribution >= 0.6 is 22.9 Å². The second-order valence-corrected chi connectivity index (χ2v) is 4.79. The molecule has 0 radical (unpaired) electrons. The summed E-state index contributed by atoms with van der Waals surface area (Å²) in [6.07, 6.45) is 1.76. The molecule has 0 amide bonds. The summed E-state index contributed by atoms with van der Waals surface area (Å²) in [5, 5.41) is 0. The second kappa shape index (κ2) is 3.70.